The minimum atomic E-state index is -1.05. The van der Waals surface area contributed by atoms with Crippen molar-refractivity contribution >= 4 is 23.4 Å². The van der Waals surface area contributed by atoms with Gasteiger partial charge in [-0.15, -0.1) is 0 Å². The van der Waals surface area contributed by atoms with Gasteiger partial charge in [-0.05, 0) is 12.1 Å². The van der Waals surface area contributed by atoms with Crippen molar-refractivity contribution in [3.63, 3.8) is 0 Å². The van der Waals surface area contributed by atoms with E-state index in [2.05, 4.69) is 4.98 Å². The van der Waals surface area contributed by atoms with Gasteiger partial charge >= 0.3 is 5.97 Å². The second-order valence-corrected chi connectivity index (χ2v) is 3.39. The van der Waals surface area contributed by atoms with Crippen LogP contribution in [0.3, 0.4) is 0 Å². The molecule has 0 aliphatic rings. The predicted octanol–water partition coefficient (Wildman–Crippen LogP) is 1.26. The summed E-state index contributed by atoms with van der Waals surface area (Å²) in [5.74, 6) is -0.102. The minimum Gasteiger partial charge on any atom is -0.479 e. The van der Waals surface area contributed by atoms with Crippen LogP contribution in [-0.4, -0.2) is 36.8 Å². The van der Waals surface area contributed by atoms with Crippen LogP contribution in [0.1, 0.15) is 0 Å². The number of carbonyl (C=O) groups is 1. The molecule has 5 nitrogen and oxygen atoms in total. The van der Waals surface area contributed by atoms with Crippen LogP contribution in [0.4, 0.5) is 5.82 Å². The lowest BCUT2D eigenvalue weighted by molar-refractivity contribution is -0.139. The van der Waals surface area contributed by atoms with E-state index in [1.165, 1.54) is 0 Å². The van der Waals surface area contributed by atoms with Gasteiger partial charge in [0.2, 0.25) is 0 Å². The first-order chi connectivity index (χ1) is 7.00. The largest absolute Gasteiger partial charge is 0.479 e. The molecule has 1 N–H and O–H groups in total. The molecule has 0 amide bonds. The summed E-state index contributed by atoms with van der Waals surface area (Å²) < 4.78 is 4.92. The summed E-state index contributed by atoms with van der Waals surface area (Å²) in [7, 11) is 3.66. The molecule has 0 unspecified atom stereocenters. The molecular weight excluding hydrogens is 220 g/mol. The van der Waals surface area contributed by atoms with Gasteiger partial charge < -0.3 is 14.7 Å². The van der Waals surface area contributed by atoms with E-state index in [0.29, 0.717) is 5.82 Å². The molecule has 1 rings (SSSR count). The summed E-state index contributed by atoms with van der Waals surface area (Å²) >= 11 is 5.80. The zero-order valence-electron chi connectivity index (χ0n) is 8.40. The highest BCUT2D eigenvalue weighted by atomic mass is 35.5. The van der Waals surface area contributed by atoms with Crippen LogP contribution < -0.4 is 9.64 Å². The highest BCUT2D eigenvalue weighted by Crippen LogP contribution is 2.24. The summed E-state index contributed by atoms with van der Waals surface area (Å²) in [6, 6.07) is 3.29. The maximum atomic E-state index is 10.3. The third-order valence-corrected chi connectivity index (χ3v) is 1.88. The lowest BCUT2D eigenvalue weighted by atomic mass is 10.4. The van der Waals surface area contributed by atoms with Crippen LogP contribution in [0.2, 0.25) is 5.15 Å². The van der Waals surface area contributed by atoms with Crippen molar-refractivity contribution in [3.8, 4) is 5.75 Å². The van der Waals surface area contributed by atoms with Crippen molar-refractivity contribution < 1.29 is 14.6 Å². The zero-order valence-corrected chi connectivity index (χ0v) is 9.15. The van der Waals surface area contributed by atoms with E-state index in [-0.39, 0.29) is 10.9 Å². The SMILES string of the molecule is CN(C)c1ccc(OCC(=O)O)c(Cl)n1. The fourth-order valence-corrected chi connectivity index (χ4v) is 1.11. The van der Waals surface area contributed by atoms with Crippen LogP contribution in [0.5, 0.6) is 5.75 Å². The van der Waals surface area contributed by atoms with Crippen LogP contribution in [0, 0.1) is 0 Å². The molecule has 82 valence electrons. The molecule has 0 aromatic carbocycles. The zero-order chi connectivity index (χ0) is 11.4. The van der Waals surface area contributed by atoms with Crippen LogP contribution in [0.15, 0.2) is 12.1 Å². The summed E-state index contributed by atoms with van der Waals surface area (Å²) in [6.45, 7) is -0.428. The number of pyridine rings is 1. The molecule has 0 atom stereocenters. The first-order valence-corrected chi connectivity index (χ1v) is 4.57. The number of aliphatic carboxylic acids is 1. The molecule has 0 aliphatic heterocycles. The van der Waals surface area contributed by atoms with Gasteiger partial charge in [-0.3, -0.25) is 0 Å². The van der Waals surface area contributed by atoms with E-state index < -0.39 is 12.6 Å². The van der Waals surface area contributed by atoms with Crippen molar-refractivity contribution in [3.05, 3.63) is 17.3 Å². The third-order valence-electron chi connectivity index (χ3n) is 1.61. The molecule has 1 heterocycles. The molecule has 0 saturated carbocycles. The Balaban J connectivity index is 2.79. The smallest absolute Gasteiger partial charge is 0.341 e. The van der Waals surface area contributed by atoms with Crippen molar-refractivity contribution in [1.82, 2.24) is 4.98 Å². The molecule has 0 spiro atoms. The van der Waals surface area contributed by atoms with Gasteiger partial charge in [0.05, 0.1) is 0 Å². The Morgan fingerprint density at radius 3 is 2.73 bits per heavy atom. The van der Waals surface area contributed by atoms with E-state index in [1.54, 1.807) is 17.0 Å². The normalized spacial score (nSPS) is 9.80. The summed E-state index contributed by atoms with van der Waals surface area (Å²) in [5.41, 5.74) is 0. The first kappa shape index (κ1) is 11.6. The average Bonchev–Trinajstić information content (AvgIpc) is 2.15. The highest BCUT2D eigenvalue weighted by molar-refractivity contribution is 6.30. The quantitative estimate of drug-likeness (QED) is 0.790. The topological polar surface area (TPSA) is 62.7 Å². The van der Waals surface area contributed by atoms with E-state index >= 15 is 0 Å². The number of rotatable bonds is 4. The lowest BCUT2D eigenvalue weighted by Crippen LogP contribution is -2.12. The molecule has 6 heteroatoms. The Hall–Kier alpha value is -1.49. The van der Waals surface area contributed by atoms with E-state index in [1.807, 2.05) is 14.1 Å². The molecule has 1 aromatic rings. The minimum absolute atomic E-state index is 0.155. The standard InChI is InChI=1S/C9H11ClN2O3/c1-12(2)7-4-3-6(9(10)11-7)15-5-8(13)14/h3-4H,5H2,1-2H3,(H,13,14). The number of halogens is 1. The summed E-state index contributed by atoms with van der Waals surface area (Å²) in [6.07, 6.45) is 0. The fraction of sp³-hybridized carbons (Fsp3) is 0.333. The van der Waals surface area contributed by atoms with Crippen molar-refractivity contribution in [1.29, 1.82) is 0 Å². The Morgan fingerprint density at radius 2 is 2.27 bits per heavy atom. The summed E-state index contributed by atoms with van der Waals surface area (Å²) in [5, 5.41) is 8.57. The van der Waals surface area contributed by atoms with E-state index in [9.17, 15) is 4.79 Å². The van der Waals surface area contributed by atoms with Crippen LogP contribution in [-0.2, 0) is 4.79 Å². The molecule has 0 radical (unpaired) electrons. The average molecular weight is 231 g/mol. The number of hydrogen-bond donors (Lipinski definition) is 1. The van der Waals surface area contributed by atoms with E-state index in [4.69, 9.17) is 21.4 Å². The second-order valence-electron chi connectivity index (χ2n) is 3.04. The highest BCUT2D eigenvalue weighted by Gasteiger charge is 2.07. The maximum Gasteiger partial charge on any atom is 0.341 e. The number of nitrogens with zero attached hydrogens (tertiary/aromatic N) is 2. The Kier molecular flexibility index (Phi) is 3.74. The third kappa shape index (κ3) is 3.28. The van der Waals surface area contributed by atoms with Crippen molar-refractivity contribution in [2.75, 3.05) is 25.6 Å². The van der Waals surface area contributed by atoms with Gasteiger partial charge in [0.1, 0.15) is 5.82 Å². The molecule has 0 bridgehead atoms. The molecule has 15 heavy (non-hydrogen) atoms. The Bertz CT molecular complexity index is 368. The maximum absolute atomic E-state index is 10.3. The van der Waals surface area contributed by atoms with Crippen molar-refractivity contribution in [2.45, 2.75) is 0 Å². The molecule has 0 fully saturated rings. The van der Waals surface area contributed by atoms with Crippen LogP contribution in [0.25, 0.3) is 0 Å². The number of hydrogen-bond acceptors (Lipinski definition) is 4. The van der Waals surface area contributed by atoms with Gasteiger partial charge in [-0.25, -0.2) is 9.78 Å². The van der Waals surface area contributed by atoms with Crippen LogP contribution >= 0.6 is 11.6 Å². The monoisotopic (exact) mass is 230 g/mol. The number of aromatic nitrogens is 1. The van der Waals surface area contributed by atoms with Gasteiger partial charge in [0, 0.05) is 14.1 Å². The number of carboxylic acid groups (broad SMARTS) is 1. The lowest BCUT2D eigenvalue weighted by Gasteiger charge is -2.12. The molecule has 0 saturated heterocycles. The Morgan fingerprint density at radius 1 is 1.60 bits per heavy atom. The number of ether oxygens (including phenoxy) is 1. The van der Waals surface area contributed by atoms with Gasteiger partial charge in [-0.2, -0.15) is 0 Å². The van der Waals surface area contributed by atoms with Crippen molar-refractivity contribution in [2.24, 2.45) is 0 Å². The molecule has 1 aromatic heterocycles. The molecular formula is C9H11ClN2O3. The second kappa shape index (κ2) is 4.84. The number of anilines is 1. The van der Waals surface area contributed by atoms with Gasteiger partial charge in [0.15, 0.2) is 17.5 Å². The van der Waals surface area contributed by atoms with Gasteiger partial charge in [-0.1, -0.05) is 11.6 Å². The summed E-state index contributed by atoms with van der Waals surface area (Å²) in [4.78, 5) is 16.1. The number of carboxylic acids is 1. The van der Waals surface area contributed by atoms with E-state index in [0.717, 1.165) is 0 Å². The Labute approximate surface area is 92.2 Å². The first-order valence-electron chi connectivity index (χ1n) is 4.19. The van der Waals surface area contributed by atoms with Gasteiger partial charge in [0.25, 0.3) is 0 Å². The predicted molar refractivity (Wildman–Crippen MR) is 56.7 cm³/mol. The fourth-order valence-electron chi connectivity index (χ4n) is 0.908. The molecule has 0 aliphatic carbocycles.